The lowest BCUT2D eigenvalue weighted by molar-refractivity contribution is -0.124. The van der Waals surface area contributed by atoms with Crippen molar-refractivity contribution in [2.45, 2.75) is 63.7 Å². The summed E-state index contributed by atoms with van der Waals surface area (Å²) in [5.74, 6) is -0.944. The molecule has 0 spiro atoms. The Morgan fingerprint density at radius 1 is 1.10 bits per heavy atom. The molecule has 0 aromatic heterocycles. The average molecular weight is 406 g/mol. The van der Waals surface area contributed by atoms with Crippen molar-refractivity contribution in [2.75, 3.05) is 13.7 Å². The topological polar surface area (TPSA) is 106 Å². The summed E-state index contributed by atoms with van der Waals surface area (Å²) in [6.45, 7) is 7.71. The summed E-state index contributed by atoms with van der Waals surface area (Å²) in [6, 6.07) is 8.88. The lowest BCUT2D eigenvalue weighted by atomic mass is 9.75. The highest BCUT2D eigenvalue weighted by molar-refractivity contribution is 6.48. The van der Waals surface area contributed by atoms with Crippen LogP contribution < -0.4 is 10.6 Å². The Morgan fingerprint density at radius 3 is 2.21 bits per heavy atom. The molecule has 1 fully saturated rings. The van der Waals surface area contributed by atoms with E-state index in [0.717, 1.165) is 5.56 Å². The highest BCUT2D eigenvalue weighted by atomic mass is 16.7. The quantitative estimate of drug-likeness (QED) is 0.542. The number of nitrogens with one attached hydrogen (secondary N) is 2. The van der Waals surface area contributed by atoms with Crippen molar-refractivity contribution in [3.05, 3.63) is 35.9 Å². The van der Waals surface area contributed by atoms with Gasteiger partial charge in [0.25, 0.3) is 0 Å². The lowest BCUT2D eigenvalue weighted by Gasteiger charge is -2.32. The number of rotatable bonds is 9. The van der Waals surface area contributed by atoms with Gasteiger partial charge in [-0.15, -0.1) is 0 Å². The molecule has 3 N–H and O–H groups in total. The molecule has 0 bridgehead atoms. The molecule has 0 saturated carbocycles. The summed E-state index contributed by atoms with van der Waals surface area (Å²) in [5.41, 5.74) is 0.0393. The molecule has 0 aliphatic carbocycles. The number of aryl methyl sites for hydroxylation is 1. The van der Waals surface area contributed by atoms with E-state index in [4.69, 9.17) is 19.2 Å². The zero-order valence-electron chi connectivity index (χ0n) is 17.7. The van der Waals surface area contributed by atoms with Crippen LogP contribution in [0.25, 0.3) is 0 Å². The van der Waals surface area contributed by atoms with E-state index in [1.807, 2.05) is 58.0 Å². The molecule has 2 amide bonds. The average Bonchev–Trinajstić information content (AvgIpc) is 2.86. The van der Waals surface area contributed by atoms with Crippen molar-refractivity contribution in [1.82, 2.24) is 10.6 Å². The van der Waals surface area contributed by atoms with Crippen LogP contribution in [0.5, 0.6) is 0 Å². The van der Waals surface area contributed by atoms with Crippen LogP contribution in [0.1, 0.15) is 39.7 Å². The van der Waals surface area contributed by atoms with Gasteiger partial charge in [0.15, 0.2) is 0 Å². The number of hydrogen-bond acceptors (Lipinski definition) is 5. The Balaban J connectivity index is 2.15. The predicted octanol–water partition coefficient (Wildman–Crippen LogP) is 2.02. The maximum Gasteiger partial charge on any atom is 0.481 e. The molecule has 1 heterocycles. The van der Waals surface area contributed by atoms with Crippen molar-refractivity contribution in [2.24, 2.45) is 0 Å². The molecule has 1 aliphatic heterocycles. The number of hydrogen-bond donors (Lipinski definition) is 3. The summed E-state index contributed by atoms with van der Waals surface area (Å²) in [5, 5.41) is 14.1. The molecule has 160 valence electrons. The summed E-state index contributed by atoms with van der Waals surface area (Å²) < 4.78 is 17.2. The van der Waals surface area contributed by atoms with E-state index in [1.165, 1.54) is 7.11 Å². The van der Waals surface area contributed by atoms with E-state index in [-0.39, 0.29) is 6.61 Å². The van der Waals surface area contributed by atoms with Crippen molar-refractivity contribution in [1.29, 1.82) is 0 Å². The second-order valence-corrected chi connectivity index (χ2v) is 8.22. The fourth-order valence-corrected chi connectivity index (χ4v) is 3.08. The van der Waals surface area contributed by atoms with Crippen LogP contribution in [0.15, 0.2) is 30.3 Å². The first-order chi connectivity index (χ1) is 13.6. The molecule has 29 heavy (non-hydrogen) atoms. The molecule has 8 nitrogen and oxygen atoms in total. The normalized spacial score (nSPS) is 19.4. The van der Waals surface area contributed by atoms with E-state index in [9.17, 15) is 9.59 Å². The van der Waals surface area contributed by atoms with Gasteiger partial charge in [-0.05, 0) is 46.1 Å². The number of carbonyl (C=O) groups excluding carboxylic acids is 1. The minimum absolute atomic E-state index is 0.0765. The number of methoxy groups -OCH3 is 1. The Kier molecular flexibility index (Phi) is 7.68. The van der Waals surface area contributed by atoms with E-state index in [2.05, 4.69) is 10.6 Å². The van der Waals surface area contributed by atoms with Gasteiger partial charge in [-0.2, -0.15) is 0 Å². The van der Waals surface area contributed by atoms with Gasteiger partial charge >= 0.3 is 13.2 Å². The zero-order valence-corrected chi connectivity index (χ0v) is 17.7. The SMILES string of the molecule is COCC(NC(=O)O)C(=O)N[C@@H](CCc1ccccc1)B1OC(C)(C)C(C)(C)O1. The van der Waals surface area contributed by atoms with Crippen LogP contribution in [-0.4, -0.2) is 61.1 Å². The molecule has 1 aromatic carbocycles. The predicted molar refractivity (Wildman–Crippen MR) is 110 cm³/mol. The van der Waals surface area contributed by atoms with Gasteiger partial charge < -0.3 is 29.8 Å². The highest BCUT2D eigenvalue weighted by Gasteiger charge is 2.54. The number of amides is 2. The Bertz CT molecular complexity index is 681. The molecule has 1 aromatic rings. The van der Waals surface area contributed by atoms with Crippen LogP contribution in [0.4, 0.5) is 4.79 Å². The molecular weight excluding hydrogens is 375 g/mol. The van der Waals surface area contributed by atoms with Gasteiger partial charge in [0.2, 0.25) is 5.91 Å². The standard InChI is InChI=1S/C20H31BN2O6/c1-19(2)20(3,4)29-21(28-19)16(12-11-14-9-7-6-8-10-14)23-17(24)15(13-27-5)22-18(25)26/h6-10,15-16,22H,11-13H2,1-5H3,(H,23,24)(H,25,26)/t15?,16-/m0/s1. The third-order valence-corrected chi connectivity index (χ3v) is 5.46. The fraction of sp³-hybridized carbons (Fsp3) is 0.600. The maximum atomic E-state index is 12.7. The Morgan fingerprint density at radius 2 is 1.69 bits per heavy atom. The van der Waals surface area contributed by atoms with Gasteiger partial charge in [-0.25, -0.2) is 4.79 Å². The van der Waals surface area contributed by atoms with Crippen molar-refractivity contribution < 1.29 is 28.7 Å². The van der Waals surface area contributed by atoms with Gasteiger partial charge in [-0.3, -0.25) is 4.79 Å². The van der Waals surface area contributed by atoms with Crippen molar-refractivity contribution in [3.63, 3.8) is 0 Å². The third-order valence-electron chi connectivity index (χ3n) is 5.46. The van der Waals surface area contributed by atoms with Crippen LogP contribution in [0.3, 0.4) is 0 Å². The second kappa shape index (κ2) is 9.60. The van der Waals surface area contributed by atoms with Crippen LogP contribution in [0, 0.1) is 0 Å². The molecule has 9 heteroatoms. The smallest absolute Gasteiger partial charge is 0.465 e. The van der Waals surface area contributed by atoms with Crippen molar-refractivity contribution >= 4 is 19.1 Å². The molecule has 0 radical (unpaired) electrons. The zero-order chi connectivity index (χ0) is 21.7. The summed E-state index contributed by atoms with van der Waals surface area (Å²) in [4.78, 5) is 23.8. The summed E-state index contributed by atoms with van der Waals surface area (Å²) in [6.07, 6.45) is -0.0186. The Labute approximate surface area is 172 Å². The first kappa shape index (κ1) is 23.2. The van der Waals surface area contributed by atoms with E-state index < -0.39 is 42.3 Å². The molecule has 1 unspecified atom stereocenters. The molecule has 2 rings (SSSR count). The number of benzene rings is 1. The minimum atomic E-state index is -1.29. The highest BCUT2D eigenvalue weighted by Crippen LogP contribution is 2.38. The maximum absolute atomic E-state index is 12.7. The van der Waals surface area contributed by atoms with Crippen LogP contribution in [-0.2, 0) is 25.3 Å². The first-order valence-corrected chi connectivity index (χ1v) is 9.74. The summed E-state index contributed by atoms with van der Waals surface area (Å²) in [7, 11) is 0.756. The minimum Gasteiger partial charge on any atom is -0.465 e. The van der Waals surface area contributed by atoms with Gasteiger partial charge in [0.05, 0.1) is 23.8 Å². The Hall–Kier alpha value is -2.10. The lowest BCUT2D eigenvalue weighted by Crippen LogP contribution is -2.55. The molecule has 1 aliphatic rings. The van der Waals surface area contributed by atoms with Gasteiger partial charge in [0, 0.05) is 7.11 Å². The van der Waals surface area contributed by atoms with Crippen LogP contribution in [0.2, 0.25) is 0 Å². The number of carbonyl (C=O) groups is 2. The second-order valence-electron chi connectivity index (χ2n) is 8.22. The third kappa shape index (κ3) is 6.19. The van der Waals surface area contributed by atoms with E-state index >= 15 is 0 Å². The largest absolute Gasteiger partial charge is 0.481 e. The molecule has 1 saturated heterocycles. The molecular formula is C20H31BN2O6. The van der Waals surface area contributed by atoms with Gasteiger partial charge in [0.1, 0.15) is 6.04 Å². The fourth-order valence-electron chi connectivity index (χ4n) is 3.08. The van der Waals surface area contributed by atoms with Crippen LogP contribution >= 0.6 is 0 Å². The number of carboxylic acid groups (broad SMARTS) is 1. The molecule has 2 atom stereocenters. The monoisotopic (exact) mass is 406 g/mol. The van der Waals surface area contributed by atoms with Gasteiger partial charge in [-0.1, -0.05) is 30.3 Å². The first-order valence-electron chi connectivity index (χ1n) is 9.74. The van der Waals surface area contributed by atoms with E-state index in [0.29, 0.717) is 12.8 Å². The van der Waals surface area contributed by atoms with Crippen molar-refractivity contribution in [3.8, 4) is 0 Å². The number of ether oxygens (including phenoxy) is 1. The van der Waals surface area contributed by atoms with E-state index in [1.54, 1.807) is 0 Å². The summed E-state index contributed by atoms with van der Waals surface area (Å²) >= 11 is 0.